The first-order chi connectivity index (χ1) is 17.5. The number of imide groups is 1. The molecule has 0 radical (unpaired) electrons. The standard InChI is InChI=1S/C30H21ClN2O3/c1-20(33-29(34)27-4-2-3-5-28(27)30(33)35)19-36-26-16-7-21(8-17-26)6-14-25-15-11-23(18-32-25)22-9-12-24(31)13-10-22/h2-5,7-13,15-18,20H,19H2,1H3/t20-/m1/s1. The van der Waals surface area contributed by atoms with Gasteiger partial charge in [-0.3, -0.25) is 14.5 Å². The van der Waals surface area contributed by atoms with Crippen LogP contribution in [0.15, 0.2) is 91.1 Å². The largest absolute Gasteiger partial charge is 0.491 e. The molecule has 0 spiro atoms. The molecule has 0 fully saturated rings. The van der Waals surface area contributed by atoms with Gasteiger partial charge in [-0.25, -0.2) is 4.98 Å². The molecule has 4 aromatic rings. The monoisotopic (exact) mass is 492 g/mol. The molecule has 0 saturated carbocycles. The van der Waals surface area contributed by atoms with Crippen molar-refractivity contribution in [1.29, 1.82) is 0 Å². The predicted octanol–water partition coefficient (Wildman–Crippen LogP) is 5.87. The highest BCUT2D eigenvalue weighted by molar-refractivity contribution is 6.30. The summed E-state index contributed by atoms with van der Waals surface area (Å²) in [6.07, 6.45) is 1.79. The molecule has 3 aromatic carbocycles. The number of halogens is 1. The Labute approximate surface area is 214 Å². The fourth-order valence-electron chi connectivity index (χ4n) is 3.95. The molecular formula is C30H21ClN2O3. The third kappa shape index (κ3) is 4.86. The minimum atomic E-state index is -0.404. The normalized spacial score (nSPS) is 13.1. The van der Waals surface area contributed by atoms with E-state index in [4.69, 9.17) is 16.3 Å². The van der Waals surface area contributed by atoms with Crippen molar-refractivity contribution in [1.82, 2.24) is 9.88 Å². The van der Waals surface area contributed by atoms with Gasteiger partial charge in [0.05, 0.1) is 17.2 Å². The summed E-state index contributed by atoms with van der Waals surface area (Å²) >= 11 is 5.95. The fourth-order valence-corrected chi connectivity index (χ4v) is 4.08. The zero-order valence-electron chi connectivity index (χ0n) is 19.4. The Hall–Kier alpha value is -4.40. The molecule has 0 saturated heterocycles. The lowest BCUT2D eigenvalue weighted by molar-refractivity contribution is 0.0551. The lowest BCUT2D eigenvalue weighted by Gasteiger charge is -2.22. The van der Waals surface area contributed by atoms with Gasteiger partial charge in [-0.05, 0) is 73.0 Å². The van der Waals surface area contributed by atoms with Crippen LogP contribution in [0.3, 0.4) is 0 Å². The molecule has 1 aliphatic rings. The molecule has 0 N–H and O–H groups in total. The van der Waals surface area contributed by atoms with E-state index in [1.807, 2.05) is 60.7 Å². The number of hydrogen-bond acceptors (Lipinski definition) is 4. The molecule has 176 valence electrons. The van der Waals surface area contributed by atoms with Crippen LogP contribution in [0.25, 0.3) is 11.1 Å². The van der Waals surface area contributed by atoms with Crippen LogP contribution in [-0.2, 0) is 0 Å². The minimum absolute atomic E-state index is 0.195. The van der Waals surface area contributed by atoms with Gasteiger partial charge in [-0.1, -0.05) is 47.9 Å². The van der Waals surface area contributed by atoms with Crippen molar-refractivity contribution in [2.45, 2.75) is 13.0 Å². The van der Waals surface area contributed by atoms with Crippen molar-refractivity contribution in [3.63, 3.8) is 0 Å². The molecule has 36 heavy (non-hydrogen) atoms. The van der Waals surface area contributed by atoms with Crippen molar-refractivity contribution < 1.29 is 14.3 Å². The van der Waals surface area contributed by atoms with Crippen LogP contribution < -0.4 is 4.74 Å². The molecule has 1 atom stereocenters. The summed E-state index contributed by atoms with van der Waals surface area (Å²) in [6.45, 7) is 1.99. The van der Waals surface area contributed by atoms with Crippen molar-refractivity contribution in [3.05, 3.63) is 119 Å². The summed E-state index contributed by atoms with van der Waals surface area (Å²) in [4.78, 5) is 30.9. The number of nitrogens with zero attached hydrogens (tertiary/aromatic N) is 2. The molecule has 0 bridgehead atoms. The van der Waals surface area contributed by atoms with E-state index in [1.54, 1.807) is 37.4 Å². The van der Waals surface area contributed by atoms with E-state index in [1.165, 1.54) is 4.90 Å². The minimum Gasteiger partial charge on any atom is -0.491 e. The number of aromatic nitrogens is 1. The first-order valence-electron chi connectivity index (χ1n) is 11.4. The van der Waals surface area contributed by atoms with E-state index >= 15 is 0 Å². The smallest absolute Gasteiger partial charge is 0.261 e. The maximum atomic E-state index is 12.6. The number of carbonyl (C=O) groups excluding carboxylic acids is 2. The van der Waals surface area contributed by atoms with Crippen LogP contribution in [0.1, 0.15) is 38.9 Å². The Morgan fingerprint density at radius 2 is 1.47 bits per heavy atom. The summed E-state index contributed by atoms with van der Waals surface area (Å²) in [6, 6.07) is 25.3. The molecular weight excluding hydrogens is 472 g/mol. The average molecular weight is 493 g/mol. The summed E-state index contributed by atoms with van der Waals surface area (Å²) < 4.78 is 5.84. The fraction of sp³-hybridized carbons (Fsp3) is 0.100. The second-order valence-corrected chi connectivity index (χ2v) is 8.84. The van der Waals surface area contributed by atoms with Crippen LogP contribution >= 0.6 is 11.6 Å². The lowest BCUT2D eigenvalue weighted by Crippen LogP contribution is -2.41. The van der Waals surface area contributed by atoms with E-state index in [0.29, 0.717) is 27.6 Å². The maximum absolute atomic E-state index is 12.6. The van der Waals surface area contributed by atoms with Gasteiger partial charge in [0.1, 0.15) is 18.1 Å². The number of ether oxygens (including phenoxy) is 1. The zero-order valence-corrected chi connectivity index (χ0v) is 20.2. The molecule has 2 amide bonds. The van der Waals surface area contributed by atoms with E-state index in [-0.39, 0.29) is 18.4 Å². The summed E-state index contributed by atoms with van der Waals surface area (Å²) in [5.41, 5.74) is 4.40. The summed E-state index contributed by atoms with van der Waals surface area (Å²) in [5, 5.41) is 0.697. The molecule has 1 aliphatic heterocycles. The molecule has 6 heteroatoms. The quantitative estimate of drug-likeness (QED) is 0.258. The topological polar surface area (TPSA) is 59.5 Å². The first kappa shape index (κ1) is 23.3. The van der Waals surface area contributed by atoms with Gasteiger partial charge in [0, 0.05) is 22.3 Å². The molecule has 2 heterocycles. The third-order valence-corrected chi connectivity index (χ3v) is 6.14. The highest BCUT2D eigenvalue weighted by Gasteiger charge is 2.38. The number of amides is 2. The number of benzene rings is 3. The second-order valence-electron chi connectivity index (χ2n) is 8.40. The van der Waals surface area contributed by atoms with Gasteiger partial charge in [0.25, 0.3) is 11.8 Å². The van der Waals surface area contributed by atoms with Gasteiger partial charge in [0.2, 0.25) is 0 Å². The second kappa shape index (κ2) is 10.1. The van der Waals surface area contributed by atoms with Crippen molar-refractivity contribution in [2.75, 3.05) is 6.61 Å². The highest BCUT2D eigenvalue weighted by Crippen LogP contribution is 2.25. The van der Waals surface area contributed by atoms with Gasteiger partial charge < -0.3 is 4.74 Å². The number of fused-ring (bicyclic) bond motifs is 1. The molecule has 5 rings (SSSR count). The van der Waals surface area contributed by atoms with E-state index < -0.39 is 6.04 Å². The van der Waals surface area contributed by atoms with Gasteiger partial charge in [-0.2, -0.15) is 0 Å². The molecule has 0 unspecified atom stereocenters. The summed E-state index contributed by atoms with van der Waals surface area (Å²) in [7, 11) is 0. The van der Waals surface area contributed by atoms with Crippen LogP contribution in [-0.4, -0.2) is 34.3 Å². The van der Waals surface area contributed by atoms with Gasteiger partial charge in [-0.15, -0.1) is 0 Å². The highest BCUT2D eigenvalue weighted by atomic mass is 35.5. The van der Waals surface area contributed by atoms with Crippen molar-refractivity contribution in [2.24, 2.45) is 0 Å². The Bertz CT molecular complexity index is 1450. The third-order valence-electron chi connectivity index (χ3n) is 5.89. The van der Waals surface area contributed by atoms with E-state index in [2.05, 4.69) is 16.8 Å². The van der Waals surface area contributed by atoms with Gasteiger partial charge in [0.15, 0.2) is 0 Å². The molecule has 5 nitrogen and oxygen atoms in total. The van der Waals surface area contributed by atoms with E-state index in [0.717, 1.165) is 16.7 Å². The van der Waals surface area contributed by atoms with Crippen LogP contribution in [0.2, 0.25) is 5.02 Å². The Kier molecular flexibility index (Phi) is 6.53. The number of rotatable bonds is 5. The average Bonchev–Trinajstić information content (AvgIpc) is 3.17. The van der Waals surface area contributed by atoms with Crippen molar-refractivity contribution >= 4 is 23.4 Å². The van der Waals surface area contributed by atoms with Crippen LogP contribution in [0.4, 0.5) is 0 Å². The number of carbonyl (C=O) groups is 2. The predicted molar refractivity (Wildman–Crippen MR) is 139 cm³/mol. The summed E-state index contributed by atoms with van der Waals surface area (Å²) in [5.74, 6) is 6.24. The van der Waals surface area contributed by atoms with Gasteiger partial charge >= 0.3 is 0 Å². The molecule has 0 aliphatic carbocycles. The lowest BCUT2D eigenvalue weighted by atomic mass is 10.1. The Morgan fingerprint density at radius 1 is 0.833 bits per heavy atom. The zero-order chi connectivity index (χ0) is 25.1. The van der Waals surface area contributed by atoms with Crippen LogP contribution in [0, 0.1) is 11.8 Å². The Balaban J connectivity index is 1.18. The van der Waals surface area contributed by atoms with E-state index in [9.17, 15) is 9.59 Å². The number of hydrogen-bond donors (Lipinski definition) is 0. The van der Waals surface area contributed by atoms with Crippen molar-refractivity contribution in [3.8, 4) is 28.7 Å². The Morgan fingerprint density at radius 3 is 2.08 bits per heavy atom. The SMILES string of the molecule is C[C@H](COc1ccc(C#Cc2ccc(-c3ccc(Cl)cc3)cn2)cc1)N1C(=O)c2ccccc2C1=O. The maximum Gasteiger partial charge on any atom is 0.261 e. The van der Waals surface area contributed by atoms with Crippen LogP contribution in [0.5, 0.6) is 5.75 Å². The molecule has 1 aromatic heterocycles. The first-order valence-corrected chi connectivity index (χ1v) is 11.8. The number of pyridine rings is 1.